The van der Waals surface area contributed by atoms with E-state index in [1.807, 2.05) is 18.2 Å². The number of hydrogen-bond donors (Lipinski definition) is 1. The van der Waals surface area contributed by atoms with E-state index >= 15 is 0 Å². The highest BCUT2D eigenvalue weighted by Gasteiger charge is 2.11. The Morgan fingerprint density at radius 2 is 2.05 bits per heavy atom. The van der Waals surface area contributed by atoms with Gasteiger partial charge in [0.2, 0.25) is 0 Å². The average Bonchev–Trinajstić information content (AvgIpc) is 3.03. The Balaban J connectivity index is 1.90. The summed E-state index contributed by atoms with van der Waals surface area (Å²) < 4.78 is 1.58. The Hall–Kier alpha value is -3.09. The molecule has 0 aliphatic heterocycles. The summed E-state index contributed by atoms with van der Waals surface area (Å²) >= 11 is 0. The maximum atomic E-state index is 12.1. The van der Waals surface area contributed by atoms with Crippen LogP contribution >= 0.6 is 0 Å². The normalized spacial score (nSPS) is 10.2. The number of rotatable bonds is 3. The molecule has 1 amide bonds. The molecule has 0 unspecified atom stereocenters. The van der Waals surface area contributed by atoms with Crippen molar-refractivity contribution in [1.82, 2.24) is 24.7 Å². The van der Waals surface area contributed by atoms with Gasteiger partial charge in [-0.05, 0) is 12.1 Å². The molecule has 0 fully saturated rings. The third-order valence-electron chi connectivity index (χ3n) is 2.61. The first-order valence-corrected chi connectivity index (χ1v) is 5.86. The van der Waals surface area contributed by atoms with Crippen molar-refractivity contribution in [3.8, 4) is 5.69 Å². The Labute approximate surface area is 114 Å². The third kappa shape index (κ3) is 2.37. The fraction of sp³-hybridized carbons (Fsp3) is 0. The van der Waals surface area contributed by atoms with Crippen molar-refractivity contribution < 1.29 is 4.79 Å². The molecule has 7 heteroatoms. The fourth-order valence-corrected chi connectivity index (χ4v) is 1.71. The second-order valence-electron chi connectivity index (χ2n) is 3.90. The van der Waals surface area contributed by atoms with Gasteiger partial charge in [-0.15, -0.1) is 0 Å². The highest BCUT2D eigenvalue weighted by molar-refractivity contribution is 6.03. The van der Waals surface area contributed by atoms with E-state index in [-0.39, 0.29) is 11.6 Å². The predicted octanol–water partition coefficient (Wildman–Crippen LogP) is 1.31. The van der Waals surface area contributed by atoms with Gasteiger partial charge in [-0.25, -0.2) is 14.6 Å². The molecular weight excluding hydrogens is 256 g/mol. The predicted molar refractivity (Wildman–Crippen MR) is 71.3 cm³/mol. The molecule has 1 aromatic carbocycles. The third-order valence-corrected chi connectivity index (χ3v) is 2.61. The Bertz CT molecular complexity index is 711. The van der Waals surface area contributed by atoms with Crippen LogP contribution in [-0.4, -0.2) is 30.6 Å². The molecule has 0 atom stereocenters. The minimum absolute atomic E-state index is 0.251. The highest BCUT2D eigenvalue weighted by atomic mass is 16.1. The van der Waals surface area contributed by atoms with Gasteiger partial charge in [0.05, 0.1) is 17.6 Å². The number of amides is 1. The van der Waals surface area contributed by atoms with Crippen molar-refractivity contribution in [2.24, 2.45) is 0 Å². The molecule has 2 heterocycles. The zero-order valence-corrected chi connectivity index (χ0v) is 10.3. The number of carbonyl (C=O) groups excluding carboxylic acids is 1. The highest BCUT2D eigenvalue weighted by Crippen LogP contribution is 2.19. The van der Waals surface area contributed by atoms with E-state index in [1.165, 1.54) is 24.9 Å². The van der Waals surface area contributed by atoms with Crippen LogP contribution in [0.25, 0.3) is 5.69 Å². The molecule has 20 heavy (non-hydrogen) atoms. The second kappa shape index (κ2) is 5.27. The van der Waals surface area contributed by atoms with E-state index in [0.29, 0.717) is 5.69 Å². The molecule has 2 aromatic heterocycles. The summed E-state index contributed by atoms with van der Waals surface area (Å²) in [6.07, 6.45) is 7.39. The first kappa shape index (κ1) is 12.0. The van der Waals surface area contributed by atoms with Crippen molar-refractivity contribution in [3.05, 3.63) is 61.2 Å². The van der Waals surface area contributed by atoms with Crippen LogP contribution in [0.15, 0.2) is 55.5 Å². The summed E-state index contributed by atoms with van der Waals surface area (Å²) in [5, 5.41) is 6.84. The van der Waals surface area contributed by atoms with Gasteiger partial charge in [0.25, 0.3) is 5.91 Å². The molecule has 0 bridgehead atoms. The topological polar surface area (TPSA) is 85.6 Å². The first-order valence-electron chi connectivity index (χ1n) is 5.86. The van der Waals surface area contributed by atoms with Crippen molar-refractivity contribution in [3.63, 3.8) is 0 Å². The van der Waals surface area contributed by atoms with Gasteiger partial charge in [0, 0.05) is 12.4 Å². The molecule has 1 N–H and O–H groups in total. The lowest BCUT2D eigenvalue weighted by Gasteiger charge is -2.09. The fourth-order valence-electron chi connectivity index (χ4n) is 1.71. The second-order valence-corrected chi connectivity index (χ2v) is 3.90. The van der Waals surface area contributed by atoms with E-state index in [1.54, 1.807) is 17.1 Å². The van der Waals surface area contributed by atoms with Crippen LogP contribution in [0.4, 0.5) is 5.69 Å². The Morgan fingerprint density at radius 3 is 2.80 bits per heavy atom. The van der Waals surface area contributed by atoms with Gasteiger partial charge in [-0.1, -0.05) is 12.1 Å². The lowest BCUT2D eigenvalue weighted by Crippen LogP contribution is -2.15. The first-order chi connectivity index (χ1) is 9.84. The van der Waals surface area contributed by atoms with E-state index in [4.69, 9.17) is 0 Å². The number of benzene rings is 1. The number of hydrogen-bond acceptors (Lipinski definition) is 5. The number of aromatic nitrogens is 5. The summed E-state index contributed by atoms with van der Waals surface area (Å²) in [5.41, 5.74) is 1.59. The van der Waals surface area contributed by atoms with Crippen LogP contribution in [0, 0.1) is 0 Å². The van der Waals surface area contributed by atoms with E-state index in [9.17, 15) is 4.79 Å². The van der Waals surface area contributed by atoms with Gasteiger partial charge in [0.15, 0.2) is 0 Å². The summed E-state index contributed by atoms with van der Waals surface area (Å²) in [6.45, 7) is 0. The monoisotopic (exact) mass is 266 g/mol. The summed E-state index contributed by atoms with van der Waals surface area (Å²) in [4.78, 5) is 23.8. The molecule has 3 aromatic rings. The zero-order chi connectivity index (χ0) is 13.8. The zero-order valence-electron chi connectivity index (χ0n) is 10.3. The molecule has 3 rings (SSSR count). The van der Waals surface area contributed by atoms with Crippen molar-refractivity contribution >= 4 is 11.6 Å². The molecule has 0 aliphatic rings. The van der Waals surface area contributed by atoms with Crippen LogP contribution in [0.5, 0.6) is 0 Å². The van der Waals surface area contributed by atoms with E-state index in [0.717, 1.165) is 5.69 Å². The maximum Gasteiger partial charge on any atom is 0.275 e. The van der Waals surface area contributed by atoms with E-state index in [2.05, 4.69) is 25.4 Å². The molecule has 0 saturated heterocycles. The Morgan fingerprint density at radius 1 is 1.15 bits per heavy atom. The van der Waals surface area contributed by atoms with Crippen LogP contribution < -0.4 is 5.32 Å². The largest absolute Gasteiger partial charge is 0.319 e. The summed E-state index contributed by atoms with van der Waals surface area (Å²) in [5.74, 6) is -0.328. The number of carbonyl (C=O) groups is 1. The minimum atomic E-state index is -0.328. The molecular formula is C13H10N6O. The molecule has 0 aliphatic carbocycles. The average molecular weight is 266 g/mol. The number of nitrogens with zero attached hydrogens (tertiary/aromatic N) is 5. The lowest BCUT2D eigenvalue weighted by molar-refractivity contribution is 0.102. The van der Waals surface area contributed by atoms with Crippen LogP contribution in [0.1, 0.15) is 10.5 Å². The molecule has 0 saturated carbocycles. The molecule has 0 spiro atoms. The smallest absolute Gasteiger partial charge is 0.275 e. The summed E-state index contributed by atoms with van der Waals surface area (Å²) in [7, 11) is 0. The summed E-state index contributed by atoms with van der Waals surface area (Å²) in [6, 6.07) is 7.30. The van der Waals surface area contributed by atoms with E-state index < -0.39 is 0 Å². The maximum absolute atomic E-state index is 12.1. The molecule has 0 radical (unpaired) electrons. The number of para-hydroxylation sites is 2. The van der Waals surface area contributed by atoms with Crippen molar-refractivity contribution in [2.45, 2.75) is 0 Å². The molecule has 98 valence electrons. The quantitative estimate of drug-likeness (QED) is 0.772. The van der Waals surface area contributed by atoms with Crippen molar-refractivity contribution in [2.75, 3.05) is 5.32 Å². The van der Waals surface area contributed by atoms with Crippen LogP contribution in [-0.2, 0) is 0 Å². The van der Waals surface area contributed by atoms with Gasteiger partial charge in [-0.2, -0.15) is 5.10 Å². The van der Waals surface area contributed by atoms with Crippen molar-refractivity contribution in [1.29, 1.82) is 0 Å². The van der Waals surface area contributed by atoms with Gasteiger partial charge in [0.1, 0.15) is 18.3 Å². The van der Waals surface area contributed by atoms with Crippen LogP contribution in [0.2, 0.25) is 0 Å². The number of anilines is 1. The Kier molecular flexibility index (Phi) is 3.15. The minimum Gasteiger partial charge on any atom is -0.319 e. The number of nitrogens with one attached hydrogen (secondary N) is 1. The van der Waals surface area contributed by atoms with Gasteiger partial charge >= 0.3 is 0 Å². The standard InChI is InChI=1S/C13H10N6O/c20-13(11-7-14-5-6-16-11)18-10-3-1-2-4-12(10)19-9-15-8-17-19/h1-9H,(H,18,20). The van der Waals surface area contributed by atoms with Gasteiger partial charge < -0.3 is 5.32 Å². The lowest BCUT2D eigenvalue weighted by atomic mass is 10.2. The SMILES string of the molecule is O=C(Nc1ccccc1-n1cncn1)c1cnccn1. The van der Waals surface area contributed by atoms with Crippen LogP contribution in [0.3, 0.4) is 0 Å². The molecule has 7 nitrogen and oxygen atoms in total. The van der Waals surface area contributed by atoms with Gasteiger partial charge in [-0.3, -0.25) is 9.78 Å².